The fourth-order valence-electron chi connectivity index (χ4n) is 3.01. The highest BCUT2D eigenvalue weighted by Gasteiger charge is 2.30. The van der Waals surface area contributed by atoms with Gasteiger partial charge in [0, 0.05) is 52.2 Å². The van der Waals surface area contributed by atoms with E-state index in [2.05, 4.69) is 20.5 Å². The summed E-state index contributed by atoms with van der Waals surface area (Å²) in [5.41, 5.74) is 0. The standard InChI is InChI=1S/C14H22N6O2.ClH/c1-18-5-3-17-14(18)11-8-15-2-6-19(11)10-13(22)20-7-4-16-12(21)9-20;/h3,5,11,15H,2,4,6-10H2,1H3,(H,16,21);1H. The topological polar surface area (TPSA) is 82.5 Å². The number of nitrogens with zero attached hydrogens (tertiary/aromatic N) is 4. The molecule has 3 rings (SSSR count). The number of carbonyl (C=O) groups excluding carboxylic acids is 2. The van der Waals surface area contributed by atoms with Crippen molar-refractivity contribution >= 4 is 24.2 Å². The summed E-state index contributed by atoms with van der Waals surface area (Å²) < 4.78 is 1.99. The van der Waals surface area contributed by atoms with E-state index in [1.165, 1.54) is 0 Å². The van der Waals surface area contributed by atoms with Crippen LogP contribution in [0.15, 0.2) is 12.4 Å². The lowest BCUT2D eigenvalue weighted by Gasteiger charge is -2.37. The number of aromatic nitrogens is 2. The van der Waals surface area contributed by atoms with Gasteiger partial charge in [-0.05, 0) is 0 Å². The van der Waals surface area contributed by atoms with Crippen LogP contribution in [-0.2, 0) is 16.6 Å². The molecule has 0 spiro atoms. The molecule has 2 aliphatic rings. The van der Waals surface area contributed by atoms with Crippen molar-refractivity contribution in [3.8, 4) is 0 Å². The van der Waals surface area contributed by atoms with Crippen LogP contribution in [0, 0.1) is 0 Å². The first-order valence-corrected chi connectivity index (χ1v) is 7.61. The quantitative estimate of drug-likeness (QED) is 0.717. The fraction of sp³-hybridized carbons (Fsp3) is 0.643. The van der Waals surface area contributed by atoms with Crippen molar-refractivity contribution in [2.75, 3.05) is 45.8 Å². The van der Waals surface area contributed by atoms with Crippen molar-refractivity contribution in [3.05, 3.63) is 18.2 Å². The molecule has 0 aromatic carbocycles. The van der Waals surface area contributed by atoms with E-state index in [1.54, 1.807) is 11.1 Å². The Morgan fingerprint density at radius 1 is 1.39 bits per heavy atom. The number of rotatable bonds is 3. The van der Waals surface area contributed by atoms with Gasteiger partial charge in [0.25, 0.3) is 0 Å². The number of halogens is 1. The monoisotopic (exact) mass is 342 g/mol. The Labute approximate surface area is 141 Å². The van der Waals surface area contributed by atoms with Crippen LogP contribution in [0.4, 0.5) is 0 Å². The third kappa shape index (κ3) is 4.01. The highest BCUT2D eigenvalue weighted by molar-refractivity contribution is 5.86. The molecular weight excluding hydrogens is 320 g/mol. The van der Waals surface area contributed by atoms with Crippen LogP contribution in [0.25, 0.3) is 0 Å². The Balaban J connectivity index is 0.00000192. The normalized spacial score (nSPS) is 22.4. The Hall–Kier alpha value is -1.64. The molecule has 2 fully saturated rings. The van der Waals surface area contributed by atoms with E-state index >= 15 is 0 Å². The van der Waals surface area contributed by atoms with Crippen molar-refractivity contribution in [3.63, 3.8) is 0 Å². The number of nitrogens with one attached hydrogen (secondary N) is 2. The number of hydrogen-bond acceptors (Lipinski definition) is 5. The van der Waals surface area contributed by atoms with Crippen molar-refractivity contribution in [1.82, 2.24) is 30.0 Å². The number of aryl methyl sites for hydroxylation is 1. The molecule has 0 radical (unpaired) electrons. The molecule has 128 valence electrons. The summed E-state index contributed by atoms with van der Waals surface area (Å²) in [6, 6.07) is 0.0799. The molecule has 9 heteroatoms. The van der Waals surface area contributed by atoms with Gasteiger partial charge in [-0.25, -0.2) is 4.98 Å². The average Bonchev–Trinajstić information content (AvgIpc) is 2.94. The average molecular weight is 343 g/mol. The minimum absolute atomic E-state index is 0. The zero-order valence-corrected chi connectivity index (χ0v) is 14.0. The largest absolute Gasteiger partial charge is 0.353 e. The van der Waals surface area contributed by atoms with Gasteiger partial charge < -0.3 is 20.1 Å². The van der Waals surface area contributed by atoms with Gasteiger partial charge in [0.2, 0.25) is 11.8 Å². The summed E-state index contributed by atoms with van der Waals surface area (Å²) in [7, 11) is 1.96. The van der Waals surface area contributed by atoms with Gasteiger partial charge in [0.1, 0.15) is 5.82 Å². The van der Waals surface area contributed by atoms with E-state index < -0.39 is 0 Å². The van der Waals surface area contributed by atoms with Gasteiger partial charge in [0.15, 0.2) is 0 Å². The van der Waals surface area contributed by atoms with Crippen molar-refractivity contribution < 1.29 is 9.59 Å². The van der Waals surface area contributed by atoms with E-state index in [4.69, 9.17) is 0 Å². The second-order valence-corrected chi connectivity index (χ2v) is 5.75. The molecule has 1 aromatic rings. The first kappa shape index (κ1) is 17.7. The number of hydrogen-bond donors (Lipinski definition) is 2. The molecule has 23 heavy (non-hydrogen) atoms. The van der Waals surface area contributed by atoms with E-state index in [-0.39, 0.29) is 36.8 Å². The Kier molecular flexibility index (Phi) is 5.97. The van der Waals surface area contributed by atoms with Crippen LogP contribution in [-0.4, -0.2) is 77.0 Å². The summed E-state index contributed by atoms with van der Waals surface area (Å²) in [4.78, 5) is 32.1. The minimum Gasteiger partial charge on any atom is -0.353 e. The van der Waals surface area contributed by atoms with Gasteiger partial charge in [-0.15, -0.1) is 12.4 Å². The van der Waals surface area contributed by atoms with Crippen LogP contribution in [0.5, 0.6) is 0 Å². The Morgan fingerprint density at radius 3 is 2.91 bits per heavy atom. The molecule has 2 amide bonds. The first-order valence-electron chi connectivity index (χ1n) is 7.61. The molecule has 0 bridgehead atoms. The highest BCUT2D eigenvalue weighted by Crippen LogP contribution is 2.20. The maximum atomic E-state index is 12.5. The SMILES string of the molecule is Cl.Cn1ccnc1C1CNCCN1CC(=O)N1CCNC(=O)C1. The molecule has 1 atom stereocenters. The van der Waals surface area contributed by atoms with Crippen LogP contribution in [0.3, 0.4) is 0 Å². The molecule has 0 saturated carbocycles. The molecule has 2 saturated heterocycles. The Morgan fingerprint density at radius 2 is 2.22 bits per heavy atom. The summed E-state index contributed by atoms with van der Waals surface area (Å²) in [6.45, 7) is 4.04. The maximum absolute atomic E-state index is 12.5. The highest BCUT2D eigenvalue weighted by atomic mass is 35.5. The molecule has 1 aromatic heterocycles. The summed E-state index contributed by atoms with van der Waals surface area (Å²) in [5, 5.41) is 6.10. The molecule has 1 unspecified atom stereocenters. The van der Waals surface area contributed by atoms with E-state index in [0.717, 1.165) is 25.5 Å². The summed E-state index contributed by atoms with van der Waals surface area (Å²) in [5.74, 6) is 0.882. The molecule has 3 heterocycles. The minimum atomic E-state index is -0.0828. The summed E-state index contributed by atoms with van der Waals surface area (Å²) >= 11 is 0. The van der Waals surface area contributed by atoms with Gasteiger partial charge in [-0.1, -0.05) is 0 Å². The van der Waals surface area contributed by atoms with E-state index in [9.17, 15) is 9.59 Å². The van der Waals surface area contributed by atoms with Crippen molar-refractivity contribution in [1.29, 1.82) is 0 Å². The predicted octanol–water partition coefficient (Wildman–Crippen LogP) is -1.25. The predicted molar refractivity (Wildman–Crippen MR) is 87.2 cm³/mol. The first-order chi connectivity index (χ1) is 10.6. The molecule has 8 nitrogen and oxygen atoms in total. The fourth-order valence-corrected chi connectivity index (χ4v) is 3.01. The van der Waals surface area contributed by atoms with Gasteiger partial charge in [0.05, 0.1) is 19.1 Å². The number of amides is 2. The number of carbonyl (C=O) groups is 2. The van der Waals surface area contributed by atoms with Crippen LogP contribution >= 0.6 is 12.4 Å². The van der Waals surface area contributed by atoms with Gasteiger partial charge in [-0.2, -0.15) is 0 Å². The van der Waals surface area contributed by atoms with Gasteiger partial charge in [-0.3, -0.25) is 14.5 Å². The second kappa shape index (κ2) is 7.76. The smallest absolute Gasteiger partial charge is 0.239 e. The van der Waals surface area contributed by atoms with Gasteiger partial charge >= 0.3 is 0 Å². The van der Waals surface area contributed by atoms with Crippen molar-refractivity contribution in [2.24, 2.45) is 7.05 Å². The van der Waals surface area contributed by atoms with E-state index in [1.807, 2.05) is 17.8 Å². The maximum Gasteiger partial charge on any atom is 0.239 e. The van der Waals surface area contributed by atoms with E-state index in [0.29, 0.717) is 19.6 Å². The number of piperazine rings is 2. The van der Waals surface area contributed by atoms with Crippen LogP contribution in [0.2, 0.25) is 0 Å². The molecule has 2 aliphatic heterocycles. The van der Waals surface area contributed by atoms with Crippen LogP contribution < -0.4 is 10.6 Å². The zero-order valence-electron chi connectivity index (χ0n) is 13.2. The lowest BCUT2D eigenvalue weighted by molar-refractivity contribution is -0.139. The third-order valence-corrected chi connectivity index (χ3v) is 4.24. The molecule has 0 aliphatic carbocycles. The lowest BCUT2D eigenvalue weighted by Crippen LogP contribution is -2.55. The zero-order chi connectivity index (χ0) is 15.5. The third-order valence-electron chi connectivity index (χ3n) is 4.24. The molecule has 2 N–H and O–H groups in total. The number of imidazole rings is 1. The lowest BCUT2D eigenvalue weighted by atomic mass is 10.1. The van der Waals surface area contributed by atoms with Crippen molar-refractivity contribution in [2.45, 2.75) is 6.04 Å². The molecular formula is C14H23ClN6O2. The second-order valence-electron chi connectivity index (χ2n) is 5.75. The van der Waals surface area contributed by atoms with Crippen LogP contribution in [0.1, 0.15) is 11.9 Å². The summed E-state index contributed by atoms with van der Waals surface area (Å²) in [6.07, 6.45) is 3.69. The Bertz CT molecular complexity index is 563.